The van der Waals surface area contributed by atoms with Gasteiger partial charge < -0.3 is 19.7 Å². The molecule has 3 aromatic rings. The second-order valence-corrected chi connectivity index (χ2v) is 6.42. The number of carbonyl (C=O) groups excluding carboxylic acids is 1. The Morgan fingerprint density at radius 3 is 2.41 bits per heavy atom. The van der Waals surface area contributed by atoms with Crippen molar-refractivity contribution < 1.29 is 18.8 Å². The van der Waals surface area contributed by atoms with Gasteiger partial charge in [0.05, 0.1) is 14.2 Å². The van der Waals surface area contributed by atoms with E-state index in [-0.39, 0.29) is 18.3 Å². The summed E-state index contributed by atoms with van der Waals surface area (Å²) in [6.07, 6.45) is 0. The molecular formula is C20H22N4O5. The summed E-state index contributed by atoms with van der Waals surface area (Å²) >= 11 is 0. The molecule has 0 saturated heterocycles. The Morgan fingerprint density at radius 2 is 1.79 bits per heavy atom. The number of methoxy groups -OCH3 is 2. The maximum absolute atomic E-state index is 12.5. The van der Waals surface area contributed by atoms with Crippen molar-refractivity contribution in [3.05, 3.63) is 53.0 Å². The molecule has 1 heterocycles. The molecule has 0 unspecified atom stereocenters. The fourth-order valence-electron chi connectivity index (χ4n) is 2.78. The number of rotatable bonds is 7. The van der Waals surface area contributed by atoms with E-state index in [4.69, 9.17) is 14.0 Å². The van der Waals surface area contributed by atoms with Gasteiger partial charge in [-0.25, -0.2) is 9.36 Å². The molecule has 0 aliphatic heterocycles. The SMILES string of the molecule is COc1ccc(-c2noc(=O)n2CC(=O)Nc2ccc(N(C)C)cc2)cc1OC. The Labute approximate surface area is 167 Å². The van der Waals surface area contributed by atoms with Gasteiger partial charge in [0, 0.05) is 31.0 Å². The van der Waals surface area contributed by atoms with Crippen LogP contribution >= 0.6 is 0 Å². The molecule has 9 heteroatoms. The minimum absolute atomic E-state index is 0.217. The third kappa shape index (κ3) is 4.40. The first-order chi connectivity index (χ1) is 13.9. The predicted molar refractivity (Wildman–Crippen MR) is 109 cm³/mol. The number of benzene rings is 2. The molecular weight excluding hydrogens is 376 g/mol. The number of amides is 1. The molecule has 2 aromatic carbocycles. The monoisotopic (exact) mass is 398 g/mol. The zero-order chi connectivity index (χ0) is 21.0. The number of nitrogens with zero attached hydrogens (tertiary/aromatic N) is 3. The molecule has 0 spiro atoms. The Kier molecular flexibility index (Phi) is 5.87. The van der Waals surface area contributed by atoms with Gasteiger partial charge >= 0.3 is 5.76 Å². The van der Waals surface area contributed by atoms with E-state index in [9.17, 15) is 9.59 Å². The Balaban J connectivity index is 1.81. The summed E-state index contributed by atoms with van der Waals surface area (Å²) in [5.74, 6) is 0.113. The summed E-state index contributed by atoms with van der Waals surface area (Å²) in [7, 11) is 6.90. The summed E-state index contributed by atoms with van der Waals surface area (Å²) in [5, 5.41) is 6.56. The van der Waals surface area contributed by atoms with Gasteiger partial charge in [-0.1, -0.05) is 5.16 Å². The highest BCUT2D eigenvalue weighted by atomic mass is 16.5. The van der Waals surface area contributed by atoms with E-state index in [0.29, 0.717) is 22.7 Å². The average Bonchev–Trinajstić information content (AvgIpc) is 3.08. The normalized spacial score (nSPS) is 10.5. The molecule has 0 aliphatic carbocycles. The molecule has 0 aliphatic rings. The quantitative estimate of drug-likeness (QED) is 0.651. The van der Waals surface area contributed by atoms with Crippen LogP contribution in [-0.4, -0.2) is 43.9 Å². The van der Waals surface area contributed by atoms with Crippen molar-refractivity contribution in [2.24, 2.45) is 0 Å². The van der Waals surface area contributed by atoms with Crippen LogP contribution in [0.5, 0.6) is 11.5 Å². The number of hydrogen-bond donors (Lipinski definition) is 1. The molecule has 1 N–H and O–H groups in total. The zero-order valence-electron chi connectivity index (χ0n) is 16.6. The third-order valence-electron chi connectivity index (χ3n) is 4.30. The Hall–Kier alpha value is -3.75. The molecule has 0 bridgehead atoms. The highest BCUT2D eigenvalue weighted by Crippen LogP contribution is 2.31. The minimum atomic E-state index is -0.729. The lowest BCUT2D eigenvalue weighted by Crippen LogP contribution is -2.25. The molecule has 1 amide bonds. The van der Waals surface area contributed by atoms with E-state index in [0.717, 1.165) is 10.3 Å². The molecule has 1 aromatic heterocycles. The van der Waals surface area contributed by atoms with Gasteiger partial charge in [-0.05, 0) is 42.5 Å². The van der Waals surface area contributed by atoms with Crippen molar-refractivity contribution >= 4 is 17.3 Å². The topological polar surface area (TPSA) is 98.8 Å². The first-order valence-electron chi connectivity index (χ1n) is 8.79. The van der Waals surface area contributed by atoms with E-state index in [1.807, 2.05) is 31.1 Å². The van der Waals surface area contributed by atoms with Crippen molar-refractivity contribution in [2.75, 3.05) is 38.5 Å². The minimum Gasteiger partial charge on any atom is -0.493 e. The maximum Gasteiger partial charge on any atom is 0.442 e. The number of nitrogens with one attached hydrogen (secondary N) is 1. The third-order valence-corrected chi connectivity index (χ3v) is 4.30. The second kappa shape index (κ2) is 8.51. The molecule has 152 valence electrons. The lowest BCUT2D eigenvalue weighted by Gasteiger charge is -2.13. The number of anilines is 2. The predicted octanol–water partition coefficient (Wildman–Crippen LogP) is 2.23. The fourth-order valence-corrected chi connectivity index (χ4v) is 2.78. The van der Waals surface area contributed by atoms with Crippen LogP contribution in [0.1, 0.15) is 0 Å². The number of hydrogen-bond acceptors (Lipinski definition) is 7. The van der Waals surface area contributed by atoms with E-state index in [1.54, 1.807) is 30.3 Å². The maximum atomic E-state index is 12.5. The Morgan fingerprint density at radius 1 is 1.10 bits per heavy atom. The summed E-state index contributed by atoms with van der Waals surface area (Å²) < 4.78 is 16.4. The van der Waals surface area contributed by atoms with E-state index >= 15 is 0 Å². The van der Waals surface area contributed by atoms with Crippen LogP contribution in [0.3, 0.4) is 0 Å². The number of carbonyl (C=O) groups is 1. The van der Waals surface area contributed by atoms with Gasteiger partial charge in [-0.15, -0.1) is 0 Å². The lowest BCUT2D eigenvalue weighted by atomic mass is 10.2. The van der Waals surface area contributed by atoms with E-state index in [2.05, 4.69) is 10.5 Å². The van der Waals surface area contributed by atoms with Crippen molar-refractivity contribution in [2.45, 2.75) is 6.54 Å². The molecule has 0 saturated carbocycles. The summed E-state index contributed by atoms with van der Waals surface area (Å²) in [6, 6.07) is 12.4. The van der Waals surface area contributed by atoms with Gasteiger partial charge in [-0.3, -0.25) is 9.32 Å². The summed E-state index contributed by atoms with van der Waals surface area (Å²) in [5.41, 5.74) is 2.18. The van der Waals surface area contributed by atoms with Crippen molar-refractivity contribution in [3.8, 4) is 22.9 Å². The highest BCUT2D eigenvalue weighted by Gasteiger charge is 2.18. The standard InChI is InChI=1S/C20H22N4O5/c1-23(2)15-8-6-14(7-9-15)21-18(25)12-24-19(22-29-20(24)26)13-5-10-16(27-3)17(11-13)28-4/h5-11H,12H2,1-4H3,(H,21,25). The van der Waals surface area contributed by atoms with Crippen LogP contribution in [0.2, 0.25) is 0 Å². The highest BCUT2D eigenvalue weighted by molar-refractivity contribution is 5.91. The van der Waals surface area contributed by atoms with E-state index < -0.39 is 5.76 Å². The van der Waals surface area contributed by atoms with Crippen molar-refractivity contribution in [3.63, 3.8) is 0 Å². The van der Waals surface area contributed by atoms with Crippen LogP contribution in [0, 0.1) is 0 Å². The second-order valence-electron chi connectivity index (χ2n) is 6.42. The zero-order valence-corrected chi connectivity index (χ0v) is 16.6. The Bertz CT molecular complexity index is 1050. The molecule has 0 fully saturated rings. The average molecular weight is 398 g/mol. The summed E-state index contributed by atoms with van der Waals surface area (Å²) in [6.45, 7) is -0.249. The van der Waals surface area contributed by atoms with Gasteiger partial charge in [0.2, 0.25) is 5.91 Å². The van der Waals surface area contributed by atoms with Crippen LogP contribution in [0.25, 0.3) is 11.4 Å². The first-order valence-corrected chi connectivity index (χ1v) is 8.79. The van der Waals surface area contributed by atoms with E-state index in [1.165, 1.54) is 14.2 Å². The van der Waals surface area contributed by atoms with Crippen molar-refractivity contribution in [1.82, 2.24) is 9.72 Å². The molecule has 29 heavy (non-hydrogen) atoms. The summed E-state index contributed by atoms with van der Waals surface area (Å²) in [4.78, 5) is 26.5. The van der Waals surface area contributed by atoms with Crippen LogP contribution in [0.15, 0.2) is 51.8 Å². The van der Waals surface area contributed by atoms with Crippen LogP contribution < -0.4 is 25.4 Å². The molecule has 0 radical (unpaired) electrons. The van der Waals surface area contributed by atoms with Crippen LogP contribution in [-0.2, 0) is 11.3 Å². The van der Waals surface area contributed by atoms with Gasteiger partial charge in [-0.2, -0.15) is 0 Å². The molecule has 3 rings (SSSR count). The molecule has 9 nitrogen and oxygen atoms in total. The smallest absolute Gasteiger partial charge is 0.442 e. The van der Waals surface area contributed by atoms with Crippen molar-refractivity contribution in [1.29, 1.82) is 0 Å². The number of aromatic nitrogens is 2. The van der Waals surface area contributed by atoms with Gasteiger partial charge in [0.1, 0.15) is 6.54 Å². The first kappa shape index (κ1) is 20.0. The molecule has 0 atom stereocenters. The van der Waals surface area contributed by atoms with Crippen LogP contribution in [0.4, 0.5) is 11.4 Å². The van der Waals surface area contributed by atoms with Gasteiger partial charge in [0.15, 0.2) is 17.3 Å². The van der Waals surface area contributed by atoms with Gasteiger partial charge in [0.25, 0.3) is 0 Å². The lowest BCUT2D eigenvalue weighted by molar-refractivity contribution is -0.116. The number of ether oxygens (including phenoxy) is 2. The fraction of sp³-hybridized carbons (Fsp3) is 0.250. The largest absolute Gasteiger partial charge is 0.493 e.